The summed E-state index contributed by atoms with van der Waals surface area (Å²) in [5.41, 5.74) is 0. The number of hydrogen-bond donors (Lipinski definition) is 1. The van der Waals surface area contributed by atoms with Crippen LogP contribution in [-0.2, 0) is 0 Å². The van der Waals surface area contributed by atoms with E-state index in [1.54, 1.807) is 0 Å². The molecule has 0 aromatic rings. The summed E-state index contributed by atoms with van der Waals surface area (Å²) in [6.45, 7) is 12.8. The molecule has 0 saturated carbocycles. The normalized spacial score (nSPS) is 14.4. The van der Waals surface area contributed by atoms with Gasteiger partial charge in [-0.2, -0.15) is 0 Å². The zero-order valence-corrected chi connectivity index (χ0v) is 10.5. The van der Waals surface area contributed by atoms with Crippen LogP contribution in [0.5, 0.6) is 0 Å². The molecule has 0 aliphatic carbocycles. The lowest BCUT2D eigenvalue weighted by Gasteiger charge is -2.26. The van der Waals surface area contributed by atoms with E-state index < -0.39 is 0 Å². The molecule has 0 aromatic heterocycles. The van der Waals surface area contributed by atoms with Crippen LogP contribution in [0.3, 0.4) is 0 Å². The summed E-state index contributed by atoms with van der Waals surface area (Å²) in [7, 11) is 0. The topological polar surface area (TPSA) is 23.5 Å². The molecular weight excluding hydrogens is 174 g/mol. The fourth-order valence-electron chi connectivity index (χ4n) is 1.33. The van der Waals surface area contributed by atoms with Crippen molar-refractivity contribution in [3.05, 3.63) is 0 Å². The summed E-state index contributed by atoms with van der Waals surface area (Å²) in [5.74, 6) is 1.44. The number of rotatable bonds is 7. The van der Waals surface area contributed by atoms with Crippen LogP contribution in [0, 0.1) is 11.8 Å². The standard InChI is InChI=1S/C12H27NO/c1-10(2)6-8-13(12(5)14)9-7-11(3)4/h10-12,14H,6-9H2,1-5H3. The van der Waals surface area contributed by atoms with Gasteiger partial charge in [-0.05, 0) is 31.6 Å². The highest BCUT2D eigenvalue weighted by atomic mass is 16.3. The van der Waals surface area contributed by atoms with E-state index in [4.69, 9.17) is 0 Å². The zero-order valence-electron chi connectivity index (χ0n) is 10.5. The number of nitrogens with zero attached hydrogens (tertiary/aromatic N) is 1. The molecule has 0 amide bonds. The van der Waals surface area contributed by atoms with Crippen LogP contribution >= 0.6 is 0 Å². The lowest BCUT2D eigenvalue weighted by atomic mass is 10.1. The SMILES string of the molecule is CC(C)CCN(CCC(C)C)C(C)O. The van der Waals surface area contributed by atoms with Crippen molar-refractivity contribution in [3.8, 4) is 0 Å². The molecule has 0 heterocycles. The van der Waals surface area contributed by atoms with Gasteiger partial charge < -0.3 is 5.11 Å². The quantitative estimate of drug-likeness (QED) is 0.640. The number of hydrogen-bond acceptors (Lipinski definition) is 2. The van der Waals surface area contributed by atoms with Crippen molar-refractivity contribution >= 4 is 0 Å². The molecule has 0 saturated heterocycles. The summed E-state index contributed by atoms with van der Waals surface area (Å²) in [4.78, 5) is 2.17. The Morgan fingerprint density at radius 1 is 0.857 bits per heavy atom. The van der Waals surface area contributed by atoms with E-state index in [-0.39, 0.29) is 6.23 Å². The molecule has 0 aliphatic heterocycles. The Bertz CT molecular complexity index is 120. The Balaban J connectivity index is 3.78. The molecule has 0 radical (unpaired) electrons. The minimum atomic E-state index is -0.299. The van der Waals surface area contributed by atoms with Gasteiger partial charge in [0.05, 0.1) is 0 Å². The van der Waals surface area contributed by atoms with Gasteiger partial charge in [-0.15, -0.1) is 0 Å². The monoisotopic (exact) mass is 201 g/mol. The number of aliphatic hydroxyl groups is 1. The largest absolute Gasteiger partial charge is 0.379 e. The van der Waals surface area contributed by atoms with E-state index in [1.165, 1.54) is 12.8 Å². The van der Waals surface area contributed by atoms with Gasteiger partial charge in [-0.1, -0.05) is 27.7 Å². The molecule has 1 N–H and O–H groups in total. The third-order valence-corrected chi connectivity index (χ3v) is 2.52. The van der Waals surface area contributed by atoms with Gasteiger partial charge in [-0.25, -0.2) is 0 Å². The molecule has 14 heavy (non-hydrogen) atoms. The molecule has 0 fully saturated rings. The maximum Gasteiger partial charge on any atom is 0.104 e. The second-order valence-electron chi connectivity index (χ2n) is 5.03. The molecule has 0 aliphatic rings. The van der Waals surface area contributed by atoms with Crippen molar-refractivity contribution in [2.75, 3.05) is 13.1 Å². The first-order chi connectivity index (χ1) is 6.43. The molecule has 2 heteroatoms. The second kappa shape index (κ2) is 7.24. The van der Waals surface area contributed by atoms with E-state index in [0.29, 0.717) is 0 Å². The highest BCUT2D eigenvalue weighted by Crippen LogP contribution is 2.08. The van der Waals surface area contributed by atoms with Gasteiger partial charge in [0, 0.05) is 13.1 Å². The van der Waals surface area contributed by atoms with Crippen LogP contribution in [0.25, 0.3) is 0 Å². The number of aliphatic hydroxyl groups excluding tert-OH is 1. The predicted molar refractivity (Wildman–Crippen MR) is 62.2 cm³/mol. The summed E-state index contributed by atoms with van der Waals surface area (Å²) >= 11 is 0. The van der Waals surface area contributed by atoms with E-state index in [9.17, 15) is 5.11 Å². The van der Waals surface area contributed by atoms with Crippen molar-refractivity contribution in [1.82, 2.24) is 4.90 Å². The van der Waals surface area contributed by atoms with Crippen molar-refractivity contribution in [1.29, 1.82) is 0 Å². The van der Waals surface area contributed by atoms with Gasteiger partial charge >= 0.3 is 0 Å². The minimum Gasteiger partial charge on any atom is -0.379 e. The molecule has 2 nitrogen and oxygen atoms in total. The summed E-state index contributed by atoms with van der Waals surface area (Å²) in [5, 5.41) is 9.56. The lowest BCUT2D eigenvalue weighted by Crippen LogP contribution is -2.35. The highest BCUT2D eigenvalue weighted by Gasteiger charge is 2.11. The van der Waals surface area contributed by atoms with E-state index in [1.807, 2.05) is 6.92 Å². The maximum absolute atomic E-state index is 9.56. The Hall–Kier alpha value is -0.0800. The van der Waals surface area contributed by atoms with Crippen LogP contribution in [0.4, 0.5) is 0 Å². The van der Waals surface area contributed by atoms with Crippen LogP contribution in [0.2, 0.25) is 0 Å². The highest BCUT2D eigenvalue weighted by molar-refractivity contribution is 4.61. The smallest absolute Gasteiger partial charge is 0.104 e. The average Bonchev–Trinajstić information content (AvgIpc) is 2.02. The van der Waals surface area contributed by atoms with Crippen LogP contribution in [0.1, 0.15) is 47.5 Å². The van der Waals surface area contributed by atoms with Crippen LogP contribution in [-0.4, -0.2) is 29.3 Å². The molecule has 86 valence electrons. The van der Waals surface area contributed by atoms with Crippen LogP contribution < -0.4 is 0 Å². The summed E-state index contributed by atoms with van der Waals surface area (Å²) in [6, 6.07) is 0. The van der Waals surface area contributed by atoms with Crippen molar-refractivity contribution < 1.29 is 5.11 Å². The van der Waals surface area contributed by atoms with E-state index in [2.05, 4.69) is 32.6 Å². The van der Waals surface area contributed by atoms with Gasteiger partial charge in [0.25, 0.3) is 0 Å². The Labute approximate surface area is 89.3 Å². The fourth-order valence-corrected chi connectivity index (χ4v) is 1.33. The zero-order chi connectivity index (χ0) is 11.1. The van der Waals surface area contributed by atoms with Gasteiger partial charge in [0.1, 0.15) is 6.23 Å². The first-order valence-corrected chi connectivity index (χ1v) is 5.85. The summed E-state index contributed by atoms with van der Waals surface area (Å²) in [6.07, 6.45) is 2.04. The molecule has 1 unspecified atom stereocenters. The Morgan fingerprint density at radius 3 is 1.43 bits per heavy atom. The van der Waals surface area contributed by atoms with Gasteiger partial charge in [0.15, 0.2) is 0 Å². The van der Waals surface area contributed by atoms with Gasteiger partial charge in [-0.3, -0.25) is 4.90 Å². The first kappa shape index (κ1) is 13.9. The second-order valence-corrected chi connectivity index (χ2v) is 5.03. The van der Waals surface area contributed by atoms with Crippen LogP contribution in [0.15, 0.2) is 0 Å². The Morgan fingerprint density at radius 2 is 1.21 bits per heavy atom. The predicted octanol–water partition coefficient (Wildman–Crippen LogP) is 2.72. The van der Waals surface area contributed by atoms with Gasteiger partial charge in [0.2, 0.25) is 0 Å². The van der Waals surface area contributed by atoms with Crippen molar-refractivity contribution in [3.63, 3.8) is 0 Å². The maximum atomic E-state index is 9.56. The van der Waals surface area contributed by atoms with Crippen molar-refractivity contribution in [2.45, 2.75) is 53.7 Å². The fraction of sp³-hybridized carbons (Fsp3) is 1.00. The molecule has 0 spiro atoms. The molecule has 0 bridgehead atoms. The molecule has 1 atom stereocenters. The van der Waals surface area contributed by atoms with E-state index in [0.717, 1.165) is 24.9 Å². The Kier molecular flexibility index (Phi) is 7.20. The average molecular weight is 201 g/mol. The molecular formula is C12H27NO. The first-order valence-electron chi connectivity index (χ1n) is 5.85. The van der Waals surface area contributed by atoms with Crippen molar-refractivity contribution in [2.24, 2.45) is 11.8 Å². The summed E-state index contributed by atoms with van der Waals surface area (Å²) < 4.78 is 0. The molecule has 0 rings (SSSR count). The molecule has 0 aromatic carbocycles. The lowest BCUT2D eigenvalue weighted by molar-refractivity contribution is 0.0131. The third-order valence-electron chi connectivity index (χ3n) is 2.52. The minimum absolute atomic E-state index is 0.299. The third kappa shape index (κ3) is 7.34. The van der Waals surface area contributed by atoms with E-state index >= 15 is 0 Å².